The van der Waals surface area contributed by atoms with Crippen LogP contribution in [0.3, 0.4) is 0 Å². The first-order valence-electron chi connectivity index (χ1n) is 20.8. The lowest BCUT2D eigenvalue weighted by Crippen LogP contribution is -2.60. The first-order valence-corrected chi connectivity index (χ1v) is 20.8. The first kappa shape index (κ1) is 33.2. The summed E-state index contributed by atoms with van der Waals surface area (Å²) in [5.41, 5.74) is 20.9. The van der Waals surface area contributed by atoms with Crippen molar-refractivity contribution in [1.29, 1.82) is 0 Å². The van der Waals surface area contributed by atoms with Gasteiger partial charge in [-0.05, 0) is 93.2 Å². The highest BCUT2D eigenvalue weighted by molar-refractivity contribution is 7.00. The number of anilines is 3. The van der Waals surface area contributed by atoms with Gasteiger partial charge in [0.15, 0.2) is 0 Å². The van der Waals surface area contributed by atoms with E-state index < -0.39 is 0 Å². The summed E-state index contributed by atoms with van der Waals surface area (Å²) in [7, 11) is 0. The average Bonchev–Trinajstić information content (AvgIpc) is 3.84. The van der Waals surface area contributed by atoms with E-state index in [1.54, 1.807) is 0 Å². The van der Waals surface area contributed by atoms with E-state index in [0.29, 0.717) is 0 Å². The number of para-hydroxylation sites is 3. The van der Waals surface area contributed by atoms with Crippen molar-refractivity contribution in [3.63, 3.8) is 0 Å². The molecule has 2 aliphatic heterocycles. The Morgan fingerprint density at radius 3 is 1.65 bits per heavy atom. The van der Waals surface area contributed by atoms with Gasteiger partial charge in [0.1, 0.15) is 0 Å². The molecular formula is C56H36BN3. The number of hydrogen-bond acceptors (Lipinski definition) is 1. The van der Waals surface area contributed by atoms with Crippen LogP contribution in [0.1, 0.15) is 0 Å². The van der Waals surface area contributed by atoms with Crippen molar-refractivity contribution in [3.8, 4) is 44.9 Å². The number of nitrogens with zero attached hydrogens (tertiary/aromatic N) is 3. The molecule has 0 saturated carbocycles. The van der Waals surface area contributed by atoms with E-state index in [9.17, 15) is 0 Å². The van der Waals surface area contributed by atoms with E-state index in [2.05, 4.69) is 232 Å². The van der Waals surface area contributed by atoms with Crippen LogP contribution in [0.4, 0.5) is 17.1 Å². The Balaban J connectivity index is 1.18. The molecule has 0 saturated heterocycles. The topological polar surface area (TPSA) is 13.1 Å². The summed E-state index contributed by atoms with van der Waals surface area (Å²) in [4.78, 5) is 2.52. The monoisotopic (exact) mass is 761 g/mol. The van der Waals surface area contributed by atoms with Crippen LogP contribution in [-0.2, 0) is 0 Å². The highest BCUT2D eigenvalue weighted by atomic mass is 15.2. The van der Waals surface area contributed by atoms with E-state index in [-0.39, 0.29) is 6.71 Å². The summed E-state index contributed by atoms with van der Waals surface area (Å²) in [5.74, 6) is 0. The third kappa shape index (κ3) is 4.67. The van der Waals surface area contributed by atoms with Gasteiger partial charge in [-0.3, -0.25) is 0 Å². The molecule has 0 bridgehead atoms. The molecule has 9 aromatic carbocycles. The molecule has 0 aliphatic carbocycles. The predicted octanol–water partition coefficient (Wildman–Crippen LogP) is 12.3. The zero-order valence-electron chi connectivity index (χ0n) is 32.7. The normalized spacial score (nSPS) is 12.6. The van der Waals surface area contributed by atoms with E-state index >= 15 is 0 Å². The largest absolute Gasteiger partial charge is 0.311 e. The van der Waals surface area contributed by atoms with Gasteiger partial charge in [-0.25, -0.2) is 0 Å². The summed E-state index contributed by atoms with van der Waals surface area (Å²) in [6, 6.07) is 80.4. The van der Waals surface area contributed by atoms with Gasteiger partial charge in [0.2, 0.25) is 0 Å². The molecule has 0 amide bonds. The zero-order chi connectivity index (χ0) is 39.3. The summed E-state index contributed by atoms with van der Waals surface area (Å²) < 4.78 is 5.04. The van der Waals surface area contributed by atoms with Crippen LogP contribution in [-0.4, -0.2) is 15.8 Å². The second kappa shape index (κ2) is 12.8. The number of benzene rings is 9. The van der Waals surface area contributed by atoms with Gasteiger partial charge in [0.05, 0.1) is 16.7 Å². The van der Waals surface area contributed by atoms with Crippen molar-refractivity contribution in [2.24, 2.45) is 0 Å². The van der Waals surface area contributed by atoms with Gasteiger partial charge in [0, 0.05) is 55.7 Å². The minimum absolute atomic E-state index is 0.00124. The number of rotatable bonds is 5. The van der Waals surface area contributed by atoms with Gasteiger partial charge in [-0.2, -0.15) is 0 Å². The molecule has 278 valence electrons. The molecule has 2 aromatic heterocycles. The summed E-state index contributed by atoms with van der Waals surface area (Å²) in [6.45, 7) is 0.00124. The standard InChI is InChI=1S/C56H36BN3/c1-6-18-37(19-7-1)40-32-33-48-44(34-40)45-35-47-52(36-51(45)58(48)41-24-12-4-13-25-41)59(42-26-14-5-15-27-42)49-30-17-31-50-54(49)57(47)46-29-16-28-43-53(38-20-8-2-9-21-38)55(60(50)56(43)46)39-22-10-3-11-23-39/h1-36H. The molecule has 11 aromatic rings. The van der Waals surface area contributed by atoms with Crippen LogP contribution in [0, 0.1) is 0 Å². The van der Waals surface area contributed by atoms with Gasteiger partial charge in [0.25, 0.3) is 6.71 Å². The maximum atomic E-state index is 2.58. The molecule has 0 spiro atoms. The summed E-state index contributed by atoms with van der Waals surface area (Å²) >= 11 is 0. The molecule has 4 heteroatoms. The summed E-state index contributed by atoms with van der Waals surface area (Å²) in [5, 5.41) is 3.77. The van der Waals surface area contributed by atoms with Gasteiger partial charge in [-0.15, -0.1) is 0 Å². The molecule has 0 unspecified atom stereocenters. The first-order chi connectivity index (χ1) is 29.8. The fourth-order valence-electron chi connectivity index (χ4n) is 10.5. The molecule has 0 fully saturated rings. The van der Waals surface area contributed by atoms with Crippen LogP contribution in [0.2, 0.25) is 0 Å². The molecule has 0 radical (unpaired) electrons. The highest BCUT2D eigenvalue weighted by Crippen LogP contribution is 2.47. The van der Waals surface area contributed by atoms with Crippen LogP contribution < -0.4 is 21.3 Å². The quantitative estimate of drug-likeness (QED) is 0.159. The van der Waals surface area contributed by atoms with Crippen LogP contribution in [0.25, 0.3) is 77.6 Å². The molecule has 2 aliphatic rings. The Kier molecular flexibility index (Phi) is 7.10. The maximum absolute atomic E-state index is 2.58. The Bertz CT molecular complexity index is 3460. The third-order valence-electron chi connectivity index (χ3n) is 12.9. The number of fused-ring (bicyclic) bond motifs is 7. The van der Waals surface area contributed by atoms with E-state index in [4.69, 9.17) is 0 Å². The molecule has 13 rings (SSSR count). The number of aromatic nitrogens is 2. The second-order valence-electron chi connectivity index (χ2n) is 16.0. The fraction of sp³-hybridized carbons (Fsp3) is 0. The molecule has 60 heavy (non-hydrogen) atoms. The van der Waals surface area contributed by atoms with Gasteiger partial charge < -0.3 is 14.0 Å². The molecule has 4 heterocycles. The predicted molar refractivity (Wildman–Crippen MR) is 253 cm³/mol. The smallest absolute Gasteiger partial charge is 0.252 e. The van der Waals surface area contributed by atoms with Crippen molar-refractivity contribution in [1.82, 2.24) is 9.13 Å². The second-order valence-corrected chi connectivity index (χ2v) is 16.0. The van der Waals surface area contributed by atoms with Crippen molar-refractivity contribution in [2.75, 3.05) is 4.90 Å². The number of hydrogen-bond donors (Lipinski definition) is 0. The Labute approximate surface area is 348 Å². The fourth-order valence-corrected chi connectivity index (χ4v) is 10.5. The Morgan fingerprint density at radius 1 is 0.333 bits per heavy atom. The molecule has 3 nitrogen and oxygen atoms in total. The SMILES string of the molecule is c1ccc(-c2ccc3c(c2)c2cc4c(cc2n3-c2ccccc2)N(c2ccccc2)c2cccc3c2B4c2cccc4c(-c5ccccc5)c(-c5ccccc5)n-3c24)cc1. The zero-order valence-corrected chi connectivity index (χ0v) is 32.7. The van der Waals surface area contributed by atoms with Crippen molar-refractivity contribution >= 4 is 72.9 Å². The third-order valence-corrected chi connectivity index (χ3v) is 12.9. The lowest BCUT2D eigenvalue weighted by atomic mass is 9.33. The van der Waals surface area contributed by atoms with E-state index in [1.807, 2.05) is 0 Å². The lowest BCUT2D eigenvalue weighted by molar-refractivity contribution is 1.13. The maximum Gasteiger partial charge on any atom is 0.252 e. The van der Waals surface area contributed by atoms with Crippen LogP contribution >= 0.6 is 0 Å². The molecular weight excluding hydrogens is 725 g/mol. The van der Waals surface area contributed by atoms with Crippen LogP contribution in [0.5, 0.6) is 0 Å². The average molecular weight is 762 g/mol. The van der Waals surface area contributed by atoms with Gasteiger partial charge in [-0.1, -0.05) is 164 Å². The van der Waals surface area contributed by atoms with Crippen LogP contribution in [0.15, 0.2) is 218 Å². The van der Waals surface area contributed by atoms with Crippen molar-refractivity contribution in [2.45, 2.75) is 0 Å². The lowest BCUT2D eigenvalue weighted by Gasteiger charge is -2.40. The van der Waals surface area contributed by atoms with Crippen molar-refractivity contribution < 1.29 is 0 Å². The molecule has 0 N–H and O–H groups in total. The van der Waals surface area contributed by atoms with E-state index in [0.717, 1.165) is 11.4 Å². The van der Waals surface area contributed by atoms with E-state index in [1.165, 1.54) is 99.7 Å². The highest BCUT2D eigenvalue weighted by Gasteiger charge is 2.43. The minimum Gasteiger partial charge on any atom is -0.311 e. The Hall–Kier alpha value is -7.82. The molecule has 0 atom stereocenters. The summed E-state index contributed by atoms with van der Waals surface area (Å²) in [6.07, 6.45) is 0. The Morgan fingerprint density at radius 2 is 0.933 bits per heavy atom. The van der Waals surface area contributed by atoms with Crippen molar-refractivity contribution in [3.05, 3.63) is 218 Å². The minimum atomic E-state index is 0.00124. The van der Waals surface area contributed by atoms with Gasteiger partial charge >= 0.3 is 0 Å².